The van der Waals surface area contributed by atoms with Crippen molar-refractivity contribution >= 4 is 27.4 Å². The normalized spacial score (nSPS) is 11.5. The van der Waals surface area contributed by atoms with E-state index in [-0.39, 0.29) is 29.0 Å². The van der Waals surface area contributed by atoms with Crippen molar-refractivity contribution < 1.29 is 21.8 Å². The average molecular weight is 448 g/mol. The highest BCUT2D eigenvalue weighted by molar-refractivity contribution is 7.87. The van der Waals surface area contributed by atoms with Gasteiger partial charge in [-0.25, -0.2) is 4.39 Å². The summed E-state index contributed by atoms with van der Waals surface area (Å²) in [7, 11) is -4.14. The summed E-state index contributed by atoms with van der Waals surface area (Å²) in [5.74, 6) is -0.292. The largest absolute Gasteiger partial charge is 0.379 e. The van der Waals surface area contributed by atoms with Gasteiger partial charge in [0.15, 0.2) is 0 Å². The number of hydrogen-bond acceptors (Lipinski definition) is 5. The minimum Gasteiger partial charge on any atom is -0.379 e. The number of rotatable bonds is 8. The summed E-state index contributed by atoms with van der Waals surface area (Å²) in [5.41, 5.74) is 0.564. The van der Waals surface area contributed by atoms with Crippen LogP contribution in [-0.2, 0) is 16.7 Å². The standard InChI is InChI=1S/C22H22FNO4S2/c1-16(2)14-24(22(25)21-8-5-13-29-21)15-17-6-3-4-7-20(17)28-30(26,27)19-11-9-18(23)10-12-19/h3-13,16H,14-15H2,1-2H3. The first-order valence-electron chi connectivity index (χ1n) is 9.37. The van der Waals surface area contributed by atoms with Crippen LogP contribution in [0.25, 0.3) is 0 Å². The Labute approximate surface area is 179 Å². The fraction of sp³-hybridized carbons (Fsp3) is 0.227. The summed E-state index contributed by atoms with van der Waals surface area (Å²) in [6.07, 6.45) is 0. The van der Waals surface area contributed by atoms with Crippen molar-refractivity contribution in [3.8, 4) is 5.75 Å². The molecule has 1 heterocycles. The van der Waals surface area contributed by atoms with Gasteiger partial charge >= 0.3 is 10.1 Å². The molecule has 158 valence electrons. The molecule has 0 radical (unpaired) electrons. The Bertz CT molecular complexity index is 1090. The van der Waals surface area contributed by atoms with Gasteiger partial charge in [-0.05, 0) is 47.7 Å². The van der Waals surface area contributed by atoms with E-state index in [0.29, 0.717) is 17.0 Å². The molecule has 2 aromatic carbocycles. The van der Waals surface area contributed by atoms with E-state index < -0.39 is 15.9 Å². The maximum atomic E-state index is 13.1. The number of carbonyl (C=O) groups excluding carboxylic acids is 1. The summed E-state index contributed by atoms with van der Waals surface area (Å²) in [6, 6.07) is 14.7. The third kappa shape index (κ3) is 5.46. The van der Waals surface area contributed by atoms with Crippen molar-refractivity contribution in [1.29, 1.82) is 0 Å². The highest BCUT2D eigenvalue weighted by Crippen LogP contribution is 2.26. The van der Waals surface area contributed by atoms with E-state index in [0.717, 1.165) is 24.3 Å². The SMILES string of the molecule is CC(C)CN(Cc1ccccc1OS(=O)(=O)c1ccc(F)cc1)C(=O)c1cccs1. The highest BCUT2D eigenvalue weighted by Gasteiger charge is 2.22. The Morgan fingerprint density at radius 3 is 2.40 bits per heavy atom. The van der Waals surface area contributed by atoms with Gasteiger partial charge in [0.1, 0.15) is 16.5 Å². The van der Waals surface area contributed by atoms with Crippen LogP contribution in [0, 0.1) is 11.7 Å². The van der Waals surface area contributed by atoms with Gasteiger partial charge in [-0.2, -0.15) is 8.42 Å². The predicted octanol–water partition coefficient (Wildman–Crippen LogP) is 4.95. The molecule has 3 aromatic rings. The second kappa shape index (κ2) is 9.40. The maximum Gasteiger partial charge on any atom is 0.339 e. The summed E-state index contributed by atoms with van der Waals surface area (Å²) in [5, 5.41) is 1.84. The van der Waals surface area contributed by atoms with Crippen molar-refractivity contribution in [3.63, 3.8) is 0 Å². The van der Waals surface area contributed by atoms with Gasteiger partial charge in [-0.3, -0.25) is 4.79 Å². The zero-order chi connectivity index (χ0) is 21.7. The van der Waals surface area contributed by atoms with Gasteiger partial charge in [0.25, 0.3) is 5.91 Å². The van der Waals surface area contributed by atoms with E-state index in [4.69, 9.17) is 4.18 Å². The van der Waals surface area contributed by atoms with Crippen LogP contribution in [0.2, 0.25) is 0 Å². The first-order valence-corrected chi connectivity index (χ1v) is 11.7. The summed E-state index contributed by atoms with van der Waals surface area (Å²) < 4.78 is 43.7. The van der Waals surface area contributed by atoms with E-state index in [2.05, 4.69) is 0 Å². The molecule has 0 aliphatic rings. The predicted molar refractivity (Wildman–Crippen MR) is 115 cm³/mol. The quantitative estimate of drug-likeness (QED) is 0.458. The first kappa shape index (κ1) is 22.0. The van der Waals surface area contributed by atoms with Crippen molar-refractivity contribution in [1.82, 2.24) is 4.90 Å². The summed E-state index contributed by atoms with van der Waals surface area (Å²) in [4.78, 5) is 15.1. The van der Waals surface area contributed by atoms with E-state index >= 15 is 0 Å². The minimum absolute atomic E-state index is 0.116. The van der Waals surface area contributed by atoms with Gasteiger partial charge < -0.3 is 9.08 Å². The monoisotopic (exact) mass is 447 g/mol. The van der Waals surface area contributed by atoms with Gasteiger partial charge in [-0.15, -0.1) is 11.3 Å². The molecular weight excluding hydrogens is 425 g/mol. The number of halogens is 1. The van der Waals surface area contributed by atoms with Crippen molar-refractivity contribution in [3.05, 3.63) is 82.3 Å². The van der Waals surface area contributed by atoms with E-state index in [9.17, 15) is 17.6 Å². The fourth-order valence-electron chi connectivity index (χ4n) is 2.91. The molecule has 5 nitrogen and oxygen atoms in total. The molecule has 0 saturated carbocycles. The molecule has 0 aliphatic heterocycles. The molecule has 0 aliphatic carbocycles. The molecule has 8 heteroatoms. The number of nitrogens with zero attached hydrogens (tertiary/aromatic N) is 1. The van der Waals surface area contributed by atoms with Crippen LogP contribution in [0.15, 0.2) is 70.9 Å². The van der Waals surface area contributed by atoms with Crippen LogP contribution in [-0.4, -0.2) is 25.8 Å². The Hall–Kier alpha value is -2.71. The molecule has 0 unspecified atom stereocenters. The van der Waals surface area contributed by atoms with Crippen LogP contribution in [0.5, 0.6) is 5.75 Å². The second-order valence-corrected chi connectivity index (χ2v) is 9.65. The topological polar surface area (TPSA) is 63.7 Å². The van der Waals surface area contributed by atoms with Crippen molar-refractivity contribution in [2.24, 2.45) is 5.92 Å². The zero-order valence-electron chi connectivity index (χ0n) is 16.6. The lowest BCUT2D eigenvalue weighted by molar-refractivity contribution is 0.0727. The number of carbonyl (C=O) groups is 1. The third-order valence-corrected chi connectivity index (χ3v) is 6.35. The molecule has 3 rings (SSSR count). The lowest BCUT2D eigenvalue weighted by Gasteiger charge is -2.25. The van der Waals surface area contributed by atoms with Crippen LogP contribution in [0.1, 0.15) is 29.1 Å². The Kier molecular flexibility index (Phi) is 6.89. The van der Waals surface area contributed by atoms with Crippen LogP contribution >= 0.6 is 11.3 Å². The molecule has 0 fully saturated rings. The number of hydrogen-bond donors (Lipinski definition) is 0. The van der Waals surface area contributed by atoms with E-state index in [1.165, 1.54) is 11.3 Å². The fourth-order valence-corrected chi connectivity index (χ4v) is 4.56. The van der Waals surface area contributed by atoms with Crippen molar-refractivity contribution in [2.75, 3.05) is 6.54 Å². The van der Waals surface area contributed by atoms with Gasteiger partial charge in [0.05, 0.1) is 4.88 Å². The van der Waals surface area contributed by atoms with Crippen LogP contribution < -0.4 is 4.18 Å². The number of benzene rings is 2. The summed E-state index contributed by atoms with van der Waals surface area (Å²) >= 11 is 1.36. The molecule has 1 amide bonds. The molecule has 30 heavy (non-hydrogen) atoms. The number of thiophene rings is 1. The van der Waals surface area contributed by atoms with Crippen LogP contribution in [0.4, 0.5) is 4.39 Å². The third-order valence-electron chi connectivity index (χ3n) is 4.24. The highest BCUT2D eigenvalue weighted by atomic mass is 32.2. The molecule has 1 aromatic heterocycles. The number of amides is 1. The molecular formula is C22H22FNO4S2. The van der Waals surface area contributed by atoms with E-state index in [1.54, 1.807) is 35.2 Å². The molecule has 0 bridgehead atoms. The maximum absolute atomic E-state index is 13.1. The average Bonchev–Trinajstić information content (AvgIpc) is 3.23. The Morgan fingerprint density at radius 2 is 1.77 bits per heavy atom. The molecule has 0 saturated heterocycles. The first-order chi connectivity index (χ1) is 14.3. The lowest BCUT2D eigenvalue weighted by Crippen LogP contribution is -2.33. The smallest absolute Gasteiger partial charge is 0.339 e. The van der Waals surface area contributed by atoms with Crippen molar-refractivity contribution in [2.45, 2.75) is 25.3 Å². The van der Waals surface area contributed by atoms with E-state index in [1.807, 2.05) is 25.3 Å². The van der Waals surface area contributed by atoms with Gasteiger partial charge in [0.2, 0.25) is 0 Å². The van der Waals surface area contributed by atoms with Gasteiger partial charge in [-0.1, -0.05) is 38.1 Å². The van der Waals surface area contributed by atoms with Gasteiger partial charge in [0, 0.05) is 18.7 Å². The minimum atomic E-state index is -4.14. The van der Waals surface area contributed by atoms with Crippen LogP contribution in [0.3, 0.4) is 0 Å². The zero-order valence-corrected chi connectivity index (χ0v) is 18.3. The molecule has 0 atom stereocenters. The second-order valence-electron chi connectivity index (χ2n) is 7.16. The Balaban J connectivity index is 1.87. The summed E-state index contributed by atoms with van der Waals surface area (Å²) in [6.45, 7) is 4.73. The number of para-hydroxylation sites is 1. The lowest BCUT2D eigenvalue weighted by atomic mass is 10.1. The molecule has 0 N–H and O–H groups in total. The molecule has 0 spiro atoms. The Morgan fingerprint density at radius 1 is 1.07 bits per heavy atom.